The predicted molar refractivity (Wildman–Crippen MR) is 73.5 cm³/mol. The lowest BCUT2D eigenvalue weighted by Gasteiger charge is -2.08. The summed E-state index contributed by atoms with van der Waals surface area (Å²) in [6.07, 6.45) is 0.861. The van der Waals surface area contributed by atoms with E-state index >= 15 is 0 Å². The molecule has 0 aliphatic carbocycles. The van der Waals surface area contributed by atoms with Crippen LogP contribution in [0.3, 0.4) is 0 Å². The Hall–Kier alpha value is -1.68. The molecule has 0 radical (unpaired) electrons. The minimum Gasteiger partial charge on any atom is -0.497 e. The summed E-state index contributed by atoms with van der Waals surface area (Å²) in [5, 5.41) is 1.16. The molecule has 0 saturated heterocycles. The summed E-state index contributed by atoms with van der Waals surface area (Å²) in [5.74, 6) is 1.64. The molecule has 2 rings (SSSR count). The minimum atomic E-state index is 0.638. The zero-order valence-electron chi connectivity index (χ0n) is 11.4. The molecule has 0 amide bonds. The van der Waals surface area contributed by atoms with Gasteiger partial charge in [0.25, 0.3) is 0 Å². The highest BCUT2D eigenvalue weighted by atomic mass is 16.5. The van der Waals surface area contributed by atoms with E-state index in [2.05, 4.69) is 17.6 Å². The van der Waals surface area contributed by atoms with Gasteiger partial charge in [0.15, 0.2) is 0 Å². The predicted octanol–water partition coefficient (Wildman–Crippen LogP) is 2.01. The van der Waals surface area contributed by atoms with Crippen LogP contribution in [0, 0.1) is 6.92 Å². The first kappa shape index (κ1) is 12.8. The van der Waals surface area contributed by atoms with Crippen molar-refractivity contribution < 1.29 is 9.47 Å². The molecule has 1 aromatic carbocycles. The molecule has 4 heteroatoms. The van der Waals surface area contributed by atoms with Gasteiger partial charge in [-0.05, 0) is 31.5 Å². The number of nitrogens with zero attached hydrogens (tertiary/aromatic N) is 1. The molecule has 0 bridgehead atoms. The van der Waals surface area contributed by atoms with E-state index in [1.807, 2.05) is 13.1 Å². The van der Waals surface area contributed by atoms with Crippen molar-refractivity contribution in [3.63, 3.8) is 0 Å². The van der Waals surface area contributed by atoms with Crippen LogP contribution in [0.2, 0.25) is 0 Å². The van der Waals surface area contributed by atoms with E-state index < -0.39 is 0 Å². The average Bonchev–Trinajstić information content (AvgIpc) is 2.63. The maximum atomic E-state index is 5.70. The van der Waals surface area contributed by atoms with Crippen LogP contribution in [0.25, 0.3) is 10.9 Å². The lowest BCUT2D eigenvalue weighted by atomic mass is 10.1. The summed E-state index contributed by atoms with van der Waals surface area (Å²) in [6.45, 7) is 2.75. The highest BCUT2D eigenvalue weighted by Gasteiger charge is 2.16. The Morgan fingerprint density at radius 1 is 1.22 bits per heavy atom. The van der Waals surface area contributed by atoms with E-state index in [0.717, 1.165) is 28.8 Å². The molecule has 0 aliphatic heterocycles. The third-order valence-corrected chi connectivity index (χ3v) is 3.50. The molecule has 4 nitrogen and oxygen atoms in total. The molecule has 18 heavy (non-hydrogen) atoms. The van der Waals surface area contributed by atoms with Crippen molar-refractivity contribution in [2.24, 2.45) is 12.8 Å². The summed E-state index contributed by atoms with van der Waals surface area (Å²) < 4.78 is 12.9. The monoisotopic (exact) mass is 248 g/mol. The highest BCUT2D eigenvalue weighted by molar-refractivity contribution is 5.92. The second-order valence-corrected chi connectivity index (χ2v) is 4.39. The maximum Gasteiger partial charge on any atom is 0.146 e. The van der Waals surface area contributed by atoms with Gasteiger partial charge in [0, 0.05) is 24.2 Å². The third-order valence-electron chi connectivity index (χ3n) is 3.50. The number of hydrogen-bond donors (Lipinski definition) is 1. The zero-order chi connectivity index (χ0) is 13.3. The maximum absolute atomic E-state index is 5.70. The van der Waals surface area contributed by atoms with E-state index in [9.17, 15) is 0 Å². The van der Waals surface area contributed by atoms with Crippen LogP contribution in [-0.2, 0) is 13.5 Å². The Balaban J connectivity index is 2.81. The van der Waals surface area contributed by atoms with E-state index in [1.54, 1.807) is 14.2 Å². The molecule has 1 heterocycles. The van der Waals surface area contributed by atoms with E-state index in [1.165, 1.54) is 11.3 Å². The van der Waals surface area contributed by atoms with Gasteiger partial charge in [-0.1, -0.05) is 0 Å². The van der Waals surface area contributed by atoms with Gasteiger partial charge >= 0.3 is 0 Å². The Morgan fingerprint density at radius 3 is 2.50 bits per heavy atom. The van der Waals surface area contributed by atoms with Crippen LogP contribution < -0.4 is 15.2 Å². The molecule has 0 fully saturated rings. The topological polar surface area (TPSA) is 49.4 Å². The fourth-order valence-corrected chi connectivity index (χ4v) is 2.46. The van der Waals surface area contributed by atoms with Crippen LogP contribution in [0.15, 0.2) is 12.1 Å². The third kappa shape index (κ3) is 1.82. The van der Waals surface area contributed by atoms with Crippen molar-refractivity contribution in [1.29, 1.82) is 0 Å². The Labute approximate surface area is 107 Å². The van der Waals surface area contributed by atoms with Crippen LogP contribution in [0.4, 0.5) is 0 Å². The van der Waals surface area contributed by atoms with Crippen molar-refractivity contribution >= 4 is 10.9 Å². The van der Waals surface area contributed by atoms with Crippen LogP contribution >= 0.6 is 0 Å². The van der Waals surface area contributed by atoms with Crippen molar-refractivity contribution in [3.05, 3.63) is 23.4 Å². The number of methoxy groups -OCH3 is 2. The quantitative estimate of drug-likeness (QED) is 0.900. The molecule has 0 unspecified atom stereocenters. The number of rotatable bonds is 4. The molecule has 0 spiro atoms. The van der Waals surface area contributed by atoms with Crippen LogP contribution in [0.5, 0.6) is 11.5 Å². The van der Waals surface area contributed by atoms with Crippen LogP contribution in [0.1, 0.15) is 11.3 Å². The Morgan fingerprint density at radius 2 is 1.94 bits per heavy atom. The van der Waals surface area contributed by atoms with Gasteiger partial charge in [-0.15, -0.1) is 0 Å². The number of aryl methyl sites for hydroxylation is 1. The second kappa shape index (κ2) is 4.90. The van der Waals surface area contributed by atoms with Gasteiger partial charge in [-0.3, -0.25) is 0 Å². The van der Waals surface area contributed by atoms with Crippen LogP contribution in [-0.4, -0.2) is 25.3 Å². The molecule has 2 N–H and O–H groups in total. The van der Waals surface area contributed by atoms with E-state index in [0.29, 0.717) is 6.54 Å². The largest absolute Gasteiger partial charge is 0.497 e. The number of benzene rings is 1. The number of hydrogen-bond acceptors (Lipinski definition) is 3. The fraction of sp³-hybridized carbons (Fsp3) is 0.429. The summed E-state index contributed by atoms with van der Waals surface area (Å²) in [5.41, 5.74) is 9.29. The Bertz CT molecular complexity index is 573. The molecule has 0 aliphatic rings. The van der Waals surface area contributed by atoms with Gasteiger partial charge in [0.05, 0.1) is 19.7 Å². The molecule has 98 valence electrons. The first-order chi connectivity index (χ1) is 8.63. The fourth-order valence-electron chi connectivity index (χ4n) is 2.46. The number of aromatic nitrogens is 1. The van der Waals surface area contributed by atoms with Gasteiger partial charge in [-0.25, -0.2) is 0 Å². The van der Waals surface area contributed by atoms with E-state index in [4.69, 9.17) is 15.2 Å². The first-order valence-corrected chi connectivity index (χ1v) is 6.04. The average molecular weight is 248 g/mol. The number of nitrogens with two attached hydrogens (primary N) is 1. The second-order valence-electron chi connectivity index (χ2n) is 4.39. The number of fused-ring (bicyclic) bond motifs is 1. The standard InChI is InChI=1S/C14H20N2O2/c1-9-11(5-6-15)12-7-10(17-3)8-13(18-4)14(12)16(9)2/h7-8H,5-6,15H2,1-4H3. The van der Waals surface area contributed by atoms with Gasteiger partial charge in [0.1, 0.15) is 11.5 Å². The SMILES string of the molecule is COc1cc(OC)c2c(c1)c(CCN)c(C)n2C. The molecule has 1 aromatic heterocycles. The summed E-state index contributed by atoms with van der Waals surface area (Å²) in [6, 6.07) is 3.96. The van der Waals surface area contributed by atoms with Gasteiger partial charge < -0.3 is 19.8 Å². The van der Waals surface area contributed by atoms with Gasteiger partial charge in [0.2, 0.25) is 0 Å². The number of ether oxygens (including phenoxy) is 2. The van der Waals surface area contributed by atoms with Crippen molar-refractivity contribution in [2.75, 3.05) is 20.8 Å². The molecule has 2 aromatic rings. The Kier molecular flexibility index (Phi) is 3.48. The molecule has 0 atom stereocenters. The van der Waals surface area contributed by atoms with Crippen molar-refractivity contribution in [3.8, 4) is 11.5 Å². The minimum absolute atomic E-state index is 0.638. The lowest BCUT2D eigenvalue weighted by Crippen LogP contribution is -2.04. The molecule has 0 saturated carbocycles. The van der Waals surface area contributed by atoms with Crippen molar-refractivity contribution in [2.45, 2.75) is 13.3 Å². The summed E-state index contributed by atoms with van der Waals surface area (Å²) in [7, 11) is 5.39. The smallest absolute Gasteiger partial charge is 0.146 e. The molecular formula is C14H20N2O2. The highest BCUT2D eigenvalue weighted by Crippen LogP contribution is 2.36. The van der Waals surface area contributed by atoms with Gasteiger partial charge in [-0.2, -0.15) is 0 Å². The summed E-state index contributed by atoms with van der Waals surface area (Å²) >= 11 is 0. The summed E-state index contributed by atoms with van der Waals surface area (Å²) in [4.78, 5) is 0. The normalized spacial score (nSPS) is 10.9. The first-order valence-electron chi connectivity index (χ1n) is 6.04. The van der Waals surface area contributed by atoms with Crippen molar-refractivity contribution in [1.82, 2.24) is 4.57 Å². The molecular weight excluding hydrogens is 228 g/mol. The lowest BCUT2D eigenvalue weighted by molar-refractivity contribution is 0.397. The van der Waals surface area contributed by atoms with E-state index in [-0.39, 0.29) is 0 Å². The zero-order valence-corrected chi connectivity index (χ0v) is 11.4.